The van der Waals surface area contributed by atoms with Crippen molar-refractivity contribution in [3.63, 3.8) is 0 Å². The lowest BCUT2D eigenvalue weighted by Gasteiger charge is -2.37. The van der Waals surface area contributed by atoms with Crippen LogP contribution >= 0.6 is 11.6 Å². The Kier molecular flexibility index (Phi) is 5.04. The van der Waals surface area contributed by atoms with Crippen LogP contribution in [0.15, 0.2) is 18.2 Å². The standard InChI is InChI=1S/C17H24ClNO2/c18-16-1-2-17(20)15(11-16)12-19-7-3-13(4-8-19)14-5-9-21-10-6-14/h1-2,11,13-14,20H,3-10,12H2. The number of phenolic OH excluding ortho intramolecular Hbond substituents is 1. The average molecular weight is 310 g/mol. The van der Waals surface area contributed by atoms with E-state index in [9.17, 15) is 5.11 Å². The number of nitrogens with zero attached hydrogens (tertiary/aromatic N) is 1. The zero-order valence-corrected chi connectivity index (χ0v) is 13.2. The lowest BCUT2D eigenvalue weighted by atomic mass is 9.80. The van der Waals surface area contributed by atoms with Gasteiger partial charge in [0, 0.05) is 30.3 Å². The first kappa shape index (κ1) is 15.1. The second-order valence-corrected chi connectivity index (χ2v) is 6.77. The van der Waals surface area contributed by atoms with Crippen LogP contribution in [0.1, 0.15) is 31.2 Å². The molecule has 0 unspecified atom stereocenters. The van der Waals surface area contributed by atoms with Gasteiger partial charge in [-0.1, -0.05) is 11.6 Å². The first-order valence-electron chi connectivity index (χ1n) is 8.00. The Morgan fingerprint density at radius 3 is 2.48 bits per heavy atom. The molecule has 0 aromatic heterocycles. The third kappa shape index (κ3) is 3.91. The minimum absolute atomic E-state index is 0.353. The van der Waals surface area contributed by atoms with Crippen LogP contribution in [0.25, 0.3) is 0 Å². The summed E-state index contributed by atoms with van der Waals surface area (Å²) in [7, 11) is 0. The minimum atomic E-state index is 0.353. The normalized spacial score (nSPS) is 22.5. The Bertz CT molecular complexity index is 466. The summed E-state index contributed by atoms with van der Waals surface area (Å²) in [5.74, 6) is 2.07. The number of piperidine rings is 1. The highest BCUT2D eigenvalue weighted by atomic mass is 35.5. The summed E-state index contributed by atoms with van der Waals surface area (Å²) < 4.78 is 5.46. The van der Waals surface area contributed by atoms with Crippen LogP contribution in [0.5, 0.6) is 5.75 Å². The monoisotopic (exact) mass is 309 g/mol. The molecule has 2 fully saturated rings. The van der Waals surface area contributed by atoms with Gasteiger partial charge in [0.1, 0.15) is 5.75 Å². The van der Waals surface area contributed by atoms with Crippen LogP contribution in [0.4, 0.5) is 0 Å². The lowest BCUT2D eigenvalue weighted by molar-refractivity contribution is 0.0295. The van der Waals surface area contributed by atoms with Gasteiger partial charge in [-0.15, -0.1) is 0 Å². The van der Waals surface area contributed by atoms with Gasteiger partial charge in [0.25, 0.3) is 0 Å². The molecule has 21 heavy (non-hydrogen) atoms. The predicted octanol–water partition coefficient (Wildman–Crippen LogP) is 3.68. The van der Waals surface area contributed by atoms with Gasteiger partial charge in [0.15, 0.2) is 0 Å². The fourth-order valence-electron chi connectivity index (χ4n) is 3.69. The van der Waals surface area contributed by atoms with Gasteiger partial charge in [-0.05, 0) is 68.8 Å². The van der Waals surface area contributed by atoms with Gasteiger partial charge < -0.3 is 9.84 Å². The van der Waals surface area contributed by atoms with Gasteiger partial charge in [0.2, 0.25) is 0 Å². The first-order valence-corrected chi connectivity index (χ1v) is 8.37. The minimum Gasteiger partial charge on any atom is -0.508 e. The van der Waals surface area contributed by atoms with Crippen LogP contribution in [0.2, 0.25) is 5.02 Å². The van der Waals surface area contributed by atoms with Crippen molar-refractivity contribution < 1.29 is 9.84 Å². The molecule has 0 bridgehead atoms. The van der Waals surface area contributed by atoms with Crippen LogP contribution in [0, 0.1) is 11.8 Å². The van der Waals surface area contributed by atoms with Gasteiger partial charge >= 0.3 is 0 Å². The number of benzene rings is 1. The summed E-state index contributed by atoms with van der Waals surface area (Å²) in [5, 5.41) is 10.6. The summed E-state index contributed by atoms with van der Waals surface area (Å²) >= 11 is 6.02. The van der Waals surface area contributed by atoms with Crippen molar-refractivity contribution in [2.45, 2.75) is 32.2 Å². The van der Waals surface area contributed by atoms with Gasteiger partial charge in [-0.2, -0.15) is 0 Å². The summed E-state index contributed by atoms with van der Waals surface area (Å²) in [6.45, 7) is 4.93. The first-order chi connectivity index (χ1) is 10.2. The highest BCUT2D eigenvalue weighted by molar-refractivity contribution is 6.30. The highest BCUT2D eigenvalue weighted by Gasteiger charge is 2.28. The molecule has 0 spiro atoms. The number of rotatable bonds is 3. The number of halogens is 1. The number of ether oxygens (including phenoxy) is 1. The molecule has 2 saturated heterocycles. The molecular weight excluding hydrogens is 286 g/mol. The smallest absolute Gasteiger partial charge is 0.120 e. The van der Waals surface area contributed by atoms with Gasteiger partial charge in [-0.25, -0.2) is 0 Å². The second kappa shape index (κ2) is 6.99. The van der Waals surface area contributed by atoms with E-state index in [1.165, 1.54) is 25.7 Å². The zero-order valence-electron chi connectivity index (χ0n) is 12.4. The molecule has 116 valence electrons. The number of hydrogen-bond donors (Lipinski definition) is 1. The molecule has 0 radical (unpaired) electrons. The van der Waals surface area contributed by atoms with Crippen molar-refractivity contribution in [2.24, 2.45) is 11.8 Å². The molecule has 1 aromatic carbocycles. The van der Waals surface area contributed by atoms with E-state index in [-0.39, 0.29) is 0 Å². The number of likely N-dealkylation sites (tertiary alicyclic amines) is 1. The van der Waals surface area contributed by atoms with Gasteiger partial charge in [0.05, 0.1) is 0 Å². The molecule has 2 heterocycles. The summed E-state index contributed by atoms with van der Waals surface area (Å²) in [6, 6.07) is 5.30. The van der Waals surface area contributed by atoms with E-state index >= 15 is 0 Å². The van der Waals surface area contributed by atoms with Crippen LogP contribution in [-0.2, 0) is 11.3 Å². The largest absolute Gasteiger partial charge is 0.508 e. The van der Waals surface area contributed by atoms with E-state index in [2.05, 4.69) is 4.90 Å². The summed E-state index contributed by atoms with van der Waals surface area (Å²) in [6.07, 6.45) is 5.01. The van der Waals surface area contributed by atoms with Crippen molar-refractivity contribution in [1.82, 2.24) is 4.90 Å². The van der Waals surface area contributed by atoms with Crippen molar-refractivity contribution >= 4 is 11.6 Å². The van der Waals surface area contributed by atoms with E-state index < -0.39 is 0 Å². The van der Waals surface area contributed by atoms with E-state index in [0.717, 1.165) is 50.2 Å². The Morgan fingerprint density at radius 1 is 1.10 bits per heavy atom. The summed E-state index contributed by atoms with van der Waals surface area (Å²) in [5.41, 5.74) is 0.937. The SMILES string of the molecule is Oc1ccc(Cl)cc1CN1CCC(C2CCOCC2)CC1. The van der Waals surface area contributed by atoms with Crippen LogP contribution in [-0.4, -0.2) is 36.3 Å². The van der Waals surface area contributed by atoms with E-state index in [4.69, 9.17) is 16.3 Å². The molecule has 2 aliphatic heterocycles. The molecule has 3 nitrogen and oxygen atoms in total. The highest BCUT2D eigenvalue weighted by Crippen LogP contribution is 2.33. The van der Waals surface area contributed by atoms with Crippen LogP contribution in [0.3, 0.4) is 0 Å². The molecule has 3 rings (SSSR count). The number of hydrogen-bond acceptors (Lipinski definition) is 3. The Hall–Kier alpha value is -0.770. The van der Waals surface area contributed by atoms with Crippen LogP contribution < -0.4 is 0 Å². The van der Waals surface area contributed by atoms with Crippen molar-refractivity contribution in [3.05, 3.63) is 28.8 Å². The Balaban J connectivity index is 1.52. The molecule has 0 amide bonds. The molecule has 0 atom stereocenters. The molecule has 0 aliphatic carbocycles. The molecule has 0 saturated carbocycles. The van der Waals surface area contributed by atoms with E-state index in [1.807, 2.05) is 6.07 Å². The quantitative estimate of drug-likeness (QED) is 0.924. The molecule has 1 aromatic rings. The topological polar surface area (TPSA) is 32.7 Å². The van der Waals surface area contributed by atoms with E-state index in [1.54, 1.807) is 12.1 Å². The number of phenols is 1. The molecule has 2 aliphatic rings. The maximum absolute atomic E-state index is 9.92. The summed E-state index contributed by atoms with van der Waals surface area (Å²) in [4.78, 5) is 2.43. The van der Waals surface area contributed by atoms with Crippen molar-refractivity contribution in [3.8, 4) is 5.75 Å². The third-order valence-electron chi connectivity index (χ3n) is 5.00. The maximum Gasteiger partial charge on any atom is 0.120 e. The fourth-order valence-corrected chi connectivity index (χ4v) is 3.89. The molecule has 1 N–H and O–H groups in total. The lowest BCUT2D eigenvalue weighted by Crippen LogP contribution is -2.37. The van der Waals surface area contributed by atoms with E-state index in [0.29, 0.717) is 10.8 Å². The Morgan fingerprint density at radius 2 is 1.76 bits per heavy atom. The second-order valence-electron chi connectivity index (χ2n) is 6.34. The van der Waals surface area contributed by atoms with Gasteiger partial charge in [-0.3, -0.25) is 4.90 Å². The predicted molar refractivity (Wildman–Crippen MR) is 84.7 cm³/mol. The molecular formula is C17H24ClNO2. The average Bonchev–Trinajstić information content (AvgIpc) is 2.53. The molecule has 4 heteroatoms. The number of aromatic hydroxyl groups is 1. The van der Waals surface area contributed by atoms with Crippen molar-refractivity contribution in [2.75, 3.05) is 26.3 Å². The fraction of sp³-hybridized carbons (Fsp3) is 0.647. The Labute approximate surface area is 131 Å². The maximum atomic E-state index is 9.92. The third-order valence-corrected chi connectivity index (χ3v) is 5.24. The van der Waals surface area contributed by atoms with Crippen molar-refractivity contribution in [1.29, 1.82) is 0 Å². The zero-order chi connectivity index (χ0) is 14.7.